The molecule has 14 unspecified atom stereocenters. The van der Waals surface area contributed by atoms with Crippen molar-refractivity contribution >= 4 is 23.4 Å². The molecule has 4 aliphatic rings. The van der Waals surface area contributed by atoms with Crippen molar-refractivity contribution in [2.24, 2.45) is 29.6 Å². The van der Waals surface area contributed by atoms with Gasteiger partial charge in [0, 0.05) is 44.9 Å². The molecule has 2 saturated heterocycles. The van der Waals surface area contributed by atoms with Gasteiger partial charge >= 0.3 is 5.97 Å². The van der Waals surface area contributed by atoms with Crippen molar-refractivity contribution in [1.82, 2.24) is 4.90 Å². The highest BCUT2D eigenvalue weighted by molar-refractivity contribution is 6.39. The third-order valence-electron chi connectivity index (χ3n) is 13.6. The van der Waals surface area contributed by atoms with Crippen LogP contribution in [0.3, 0.4) is 0 Å². The Morgan fingerprint density at radius 2 is 1.59 bits per heavy atom. The van der Waals surface area contributed by atoms with Crippen LogP contribution in [0.25, 0.3) is 0 Å². The molecule has 3 heterocycles. The second-order valence-corrected chi connectivity index (χ2v) is 18.4. The number of hydrogen-bond acceptors (Lipinski definition) is 12. The van der Waals surface area contributed by atoms with Crippen molar-refractivity contribution in [2.45, 2.75) is 167 Å². The van der Waals surface area contributed by atoms with E-state index in [-0.39, 0.29) is 43.4 Å². The predicted molar refractivity (Wildman–Crippen MR) is 228 cm³/mol. The van der Waals surface area contributed by atoms with Crippen molar-refractivity contribution < 1.29 is 58.2 Å². The summed E-state index contributed by atoms with van der Waals surface area (Å²) in [6.07, 6.45) is 3.25. The van der Waals surface area contributed by atoms with Gasteiger partial charge in [0.1, 0.15) is 35.9 Å². The van der Waals surface area contributed by atoms with Crippen LogP contribution in [0.4, 0.5) is 0 Å². The number of carbonyl (C=O) groups is 4. The Bertz CT molecular complexity index is 1710. The third-order valence-corrected chi connectivity index (χ3v) is 13.6. The second kappa shape index (κ2) is 21.8. The predicted octanol–water partition coefficient (Wildman–Crippen LogP) is 5.91. The number of Topliss-reactive ketones (excluding diaryl/α,β-unsaturated/α-hetero) is 2. The van der Waals surface area contributed by atoms with Gasteiger partial charge in [-0.2, -0.15) is 0 Å². The Hall–Kier alpha value is -3.46. The Balaban J connectivity index is 1.51. The van der Waals surface area contributed by atoms with Gasteiger partial charge in [-0.05, 0) is 108 Å². The van der Waals surface area contributed by atoms with Gasteiger partial charge in [-0.15, -0.1) is 0 Å². The van der Waals surface area contributed by atoms with Crippen LogP contribution in [-0.2, 0) is 38.1 Å². The summed E-state index contributed by atoms with van der Waals surface area (Å²) in [7, 11) is 3.07. The number of carbonyl (C=O) groups excluding carboxylic acids is 4. The normalized spacial score (nSPS) is 39.0. The van der Waals surface area contributed by atoms with Crippen molar-refractivity contribution in [3.05, 3.63) is 53.6 Å². The Morgan fingerprint density at radius 1 is 0.902 bits per heavy atom. The number of ether oxygens (including phenoxy) is 5. The smallest absolute Gasteiger partial charge is 0.329 e. The fourth-order valence-corrected chi connectivity index (χ4v) is 9.94. The lowest BCUT2D eigenvalue weighted by Crippen LogP contribution is -2.64. The topological polar surface area (TPSA) is 178 Å². The van der Waals surface area contributed by atoms with Crippen LogP contribution in [0.5, 0.6) is 5.75 Å². The number of esters is 1. The Labute approximate surface area is 362 Å². The highest BCUT2D eigenvalue weighted by Crippen LogP contribution is 2.39. The van der Waals surface area contributed by atoms with E-state index in [4.69, 9.17) is 23.7 Å². The third kappa shape index (κ3) is 11.8. The number of para-hydroxylation sites is 1. The zero-order chi connectivity index (χ0) is 44.6. The van der Waals surface area contributed by atoms with E-state index in [9.17, 15) is 34.5 Å². The largest absolute Gasteiger partial charge is 0.488 e. The maximum Gasteiger partial charge on any atom is 0.329 e. The highest BCUT2D eigenvalue weighted by Gasteiger charge is 2.56. The summed E-state index contributed by atoms with van der Waals surface area (Å²) in [5.41, 5.74) is 1.64. The molecule has 0 radical (unpaired) electrons. The SMILES string of the molecule is CCC1/C=C(\C)CC(C)CC(OC)C2OC(O)(C(=O)C(=O)N3CCCCC3C(=O)OC(C(C)=CC3CCC(O)C(Oc4ccccc4)C3)C(C)C(O)CC1=O)C(C)CC2OC. The molecule has 1 aliphatic carbocycles. The average molecular weight is 854 g/mol. The number of allylic oxidation sites excluding steroid dienone is 3. The number of amides is 1. The molecular weight excluding hydrogens is 783 g/mol. The molecule has 5 rings (SSSR count). The van der Waals surface area contributed by atoms with Gasteiger partial charge < -0.3 is 43.9 Å². The van der Waals surface area contributed by atoms with Crippen LogP contribution in [0.2, 0.25) is 0 Å². The molecule has 2 bridgehead atoms. The molecule has 3 aliphatic heterocycles. The zero-order valence-corrected chi connectivity index (χ0v) is 37.5. The summed E-state index contributed by atoms with van der Waals surface area (Å²) in [4.78, 5) is 58.1. The summed E-state index contributed by atoms with van der Waals surface area (Å²) in [5, 5.41) is 34.7. The number of ketones is 2. The molecule has 61 heavy (non-hydrogen) atoms. The number of methoxy groups -OCH3 is 2. The van der Waals surface area contributed by atoms with Gasteiger partial charge in [0.05, 0.1) is 24.4 Å². The summed E-state index contributed by atoms with van der Waals surface area (Å²) in [5.74, 6) is -7.00. The fraction of sp³-hybridized carbons (Fsp3) is 0.708. The summed E-state index contributed by atoms with van der Waals surface area (Å²) >= 11 is 0. The molecule has 13 nitrogen and oxygen atoms in total. The summed E-state index contributed by atoms with van der Waals surface area (Å²) in [6, 6.07) is 8.17. The second-order valence-electron chi connectivity index (χ2n) is 18.4. The van der Waals surface area contributed by atoms with E-state index in [2.05, 4.69) is 6.92 Å². The number of benzene rings is 1. The maximum atomic E-state index is 14.4. The van der Waals surface area contributed by atoms with Gasteiger partial charge in [0.2, 0.25) is 5.79 Å². The van der Waals surface area contributed by atoms with Crippen molar-refractivity contribution in [2.75, 3.05) is 20.8 Å². The van der Waals surface area contributed by atoms with Crippen LogP contribution in [0.15, 0.2) is 53.6 Å². The molecule has 14 atom stereocenters. The lowest BCUT2D eigenvalue weighted by Gasteiger charge is -2.47. The molecule has 340 valence electrons. The fourth-order valence-electron chi connectivity index (χ4n) is 9.94. The van der Waals surface area contributed by atoms with E-state index in [0.717, 1.165) is 5.57 Å². The first-order chi connectivity index (χ1) is 29.0. The van der Waals surface area contributed by atoms with Gasteiger partial charge in [-0.3, -0.25) is 14.4 Å². The van der Waals surface area contributed by atoms with Crippen molar-refractivity contribution in [3.8, 4) is 5.75 Å². The summed E-state index contributed by atoms with van der Waals surface area (Å²) < 4.78 is 30.5. The van der Waals surface area contributed by atoms with Crippen molar-refractivity contribution in [3.63, 3.8) is 0 Å². The van der Waals surface area contributed by atoms with E-state index in [1.54, 1.807) is 13.8 Å². The Morgan fingerprint density at radius 3 is 2.26 bits per heavy atom. The maximum absolute atomic E-state index is 14.4. The lowest BCUT2D eigenvalue weighted by molar-refractivity contribution is -0.302. The van der Waals surface area contributed by atoms with Gasteiger partial charge in [0.15, 0.2) is 0 Å². The first kappa shape index (κ1) is 48.6. The molecule has 0 spiro atoms. The molecule has 1 amide bonds. The Kier molecular flexibility index (Phi) is 17.3. The van der Waals surface area contributed by atoms with Gasteiger partial charge in [-0.25, -0.2) is 4.79 Å². The molecule has 3 N–H and O–H groups in total. The van der Waals surface area contributed by atoms with Crippen LogP contribution in [-0.4, -0.2) is 119 Å². The average Bonchev–Trinajstić information content (AvgIpc) is 3.24. The first-order valence-electron chi connectivity index (χ1n) is 22.5. The van der Waals surface area contributed by atoms with Crippen LogP contribution >= 0.6 is 0 Å². The lowest BCUT2D eigenvalue weighted by atomic mass is 9.81. The number of hydrogen-bond donors (Lipinski definition) is 3. The van der Waals surface area contributed by atoms with E-state index >= 15 is 0 Å². The number of aliphatic hydroxyl groups is 3. The number of piperidine rings is 1. The highest BCUT2D eigenvalue weighted by atomic mass is 16.7. The molecule has 1 aromatic carbocycles. The number of aliphatic hydroxyl groups excluding tert-OH is 2. The first-order valence-corrected chi connectivity index (χ1v) is 22.5. The summed E-state index contributed by atoms with van der Waals surface area (Å²) in [6.45, 7) is 11.3. The number of nitrogens with zero attached hydrogens (tertiary/aromatic N) is 1. The van der Waals surface area contributed by atoms with E-state index in [0.29, 0.717) is 62.7 Å². The van der Waals surface area contributed by atoms with Crippen LogP contribution in [0.1, 0.15) is 112 Å². The number of cyclic esters (lactones) is 1. The molecule has 13 heteroatoms. The molecular formula is C48H71NO12. The van der Waals surface area contributed by atoms with Gasteiger partial charge in [0.25, 0.3) is 11.7 Å². The number of rotatable bonds is 7. The monoisotopic (exact) mass is 853 g/mol. The molecule has 1 aromatic rings. The minimum Gasteiger partial charge on any atom is -0.488 e. The molecule has 3 fully saturated rings. The zero-order valence-electron chi connectivity index (χ0n) is 37.5. The van der Waals surface area contributed by atoms with Crippen LogP contribution in [0, 0.1) is 29.6 Å². The minimum atomic E-state index is -2.51. The van der Waals surface area contributed by atoms with E-state index < -0.39 is 90.0 Å². The minimum absolute atomic E-state index is 0.0276. The standard InChI is InChI=1S/C48H71NO12/c1-9-34-22-28(2)21-29(3)23-41(57-7)44-42(58-8)25-31(5)48(56,61-44)45(53)46(54)49-20-14-13-17-36(49)47(55)60-43(32(6)38(51)27-39(34)52)30(4)24-33-18-19-37(50)40(26-33)59-35-15-11-10-12-16-35/h10-12,15-16,22,24,29,31-34,36-38,40-44,50-51,56H,9,13-14,17-21,23,25-27H2,1-8H3/b28-22+,30-24?. The van der Waals surface area contributed by atoms with Gasteiger partial charge in [-0.1, -0.05) is 63.6 Å². The van der Waals surface area contributed by atoms with Crippen molar-refractivity contribution in [1.29, 1.82) is 0 Å². The van der Waals surface area contributed by atoms with E-state index in [1.807, 2.05) is 63.3 Å². The van der Waals surface area contributed by atoms with Crippen LogP contribution < -0.4 is 4.74 Å². The van der Waals surface area contributed by atoms with E-state index in [1.165, 1.54) is 19.1 Å². The number of fused-ring (bicyclic) bond motifs is 3. The molecule has 1 saturated carbocycles. The quantitative estimate of drug-likeness (QED) is 0.168. The molecule has 0 aromatic heterocycles.